The van der Waals surface area contributed by atoms with Crippen molar-refractivity contribution in [1.29, 1.82) is 0 Å². The number of nitrogens with zero attached hydrogens (tertiary/aromatic N) is 2. The molecule has 0 aliphatic carbocycles. The van der Waals surface area contributed by atoms with Crippen molar-refractivity contribution < 1.29 is 9.90 Å². The zero-order chi connectivity index (χ0) is 14.7. The van der Waals surface area contributed by atoms with Crippen molar-refractivity contribution >= 4 is 45.3 Å². The smallest absolute Gasteiger partial charge is 0.336 e. The van der Waals surface area contributed by atoms with Gasteiger partial charge in [-0.05, 0) is 47.1 Å². The van der Waals surface area contributed by atoms with Gasteiger partial charge in [0, 0.05) is 15.1 Å². The van der Waals surface area contributed by atoms with E-state index in [4.69, 9.17) is 16.7 Å². The van der Waals surface area contributed by atoms with Crippen molar-refractivity contribution in [2.45, 2.75) is 17.6 Å². The highest BCUT2D eigenvalue weighted by atomic mass is 79.9. The van der Waals surface area contributed by atoms with E-state index in [1.807, 2.05) is 13.0 Å². The van der Waals surface area contributed by atoms with Gasteiger partial charge >= 0.3 is 5.97 Å². The molecule has 0 saturated carbocycles. The third-order valence-corrected chi connectivity index (χ3v) is 4.28. The number of hydrogen-bond donors (Lipinski definition) is 1. The van der Waals surface area contributed by atoms with Crippen molar-refractivity contribution in [3.8, 4) is 0 Å². The van der Waals surface area contributed by atoms with Crippen LogP contribution in [0, 0.1) is 6.92 Å². The van der Waals surface area contributed by atoms with E-state index in [1.165, 1.54) is 11.8 Å². The van der Waals surface area contributed by atoms with Gasteiger partial charge in [-0.1, -0.05) is 11.6 Å². The molecular weight excluding hydrogens is 364 g/mol. The molecule has 0 saturated heterocycles. The first-order valence-electron chi connectivity index (χ1n) is 5.61. The van der Waals surface area contributed by atoms with Crippen LogP contribution in [-0.2, 0) is 5.75 Å². The molecule has 0 atom stereocenters. The Morgan fingerprint density at radius 3 is 2.80 bits per heavy atom. The van der Waals surface area contributed by atoms with Crippen molar-refractivity contribution in [3.05, 3.63) is 51.0 Å². The quantitative estimate of drug-likeness (QED) is 0.643. The molecule has 4 nitrogen and oxygen atoms in total. The normalized spacial score (nSPS) is 10.6. The van der Waals surface area contributed by atoms with Gasteiger partial charge in [0.05, 0.1) is 11.3 Å². The molecule has 1 heterocycles. The second-order valence-corrected chi connectivity index (χ2v) is 6.27. The number of carboxylic acid groups (broad SMARTS) is 1. The molecule has 1 aromatic heterocycles. The van der Waals surface area contributed by atoms with Crippen molar-refractivity contribution in [3.63, 3.8) is 0 Å². The van der Waals surface area contributed by atoms with Crippen LogP contribution in [-0.4, -0.2) is 21.0 Å². The molecule has 0 fully saturated rings. The fraction of sp³-hybridized carbons (Fsp3) is 0.154. The highest BCUT2D eigenvalue weighted by Crippen LogP contribution is 2.27. The Hall–Kier alpha value is -1.11. The van der Waals surface area contributed by atoms with Crippen molar-refractivity contribution in [1.82, 2.24) is 9.97 Å². The molecule has 0 unspecified atom stereocenters. The number of rotatable bonds is 4. The fourth-order valence-corrected chi connectivity index (χ4v) is 3.02. The number of thioether (sulfide) groups is 1. The van der Waals surface area contributed by atoms with Crippen LogP contribution >= 0.6 is 39.3 Å². The Kier molecular flexibility index (Phi) is 5.01. The molecule has 104 valence electrons. The van der Waals surface area contributed by atoms with E-state index in [-0.39, 0.29) is 5.56 Å². The van der Waals surface area contributed by atoms with E-state index in [9.17, 15) is 4.79 Å². The van der Waals surface area contributed by atoms with Gasteiger partial charge in [-0.3, -0.25) is 0 Å². The van der Waals surface area contributed by atoms with Crippen LogP contribution in [0.5, 0.6) is 0 Å². The molecule has 0 aliphatic rings. The molecule has 20 heavy (non-hydrogen) atoms. The lowest BCUT2D eigenvalue weighted by atomic mass is 10.2. The third-order valence-electron chi connectivity index (χ3n) is 2.41. The first-order valence-corrected chi connectivity index (χ1v) is 7.77. The number of halogens is 2. The summed E-state index contributed by atoms with van der Waals surface area (Å²) < 4.78 is 0.559. The monoisotopic (exact) mass is 372 g/mol. The predicted octanol–water partition coefficient (Wildman–Crippen LogP) is 4.19. The molecule has 0 radical (unpaired) electrons. The van der Waals surface area contributed by atoms with Gasteiger partial charge < -0.3 is 5.11 Å². The minimum atomic E-state index is -0.964. The van der Waals surface area contributed by atoms with Gasteiger partial charge in [-0.15, -0.1) is 11.8 Å². The lowest BCUT2D eigenvalue weighted by molar-refractivity contribution is 0.0695. The largest absolute Gasteiger partial charge is 0.478 e. The molecule has 0 amide bonds. The maximum absolute atomic E-state index is 11.1. The maximum Gasteiger partial charge on any atom is 0.336 e. The lowest BCUT2D eigenvalue weighted by Crippen LogP contribution is -1.98. The maximum atomic E-state index is 11.1. The Morgan fingerprint density at radius 1 is 1.40 bits per heavy atom. The van der Waals surface area contributed by atoms with E-state index in [2.05, 4.69) is 25.9 Å². The van der Waals surface area contributed by atoms with Crippen LogP contribution in [0.3, 0.4) is 0 Å². The Morgan fingerprint density at radius 2 is 2.15 bits per heavy atom. The third kappa shape index (κ3) is 3.94. The van der Waals surface area contributed by atoms with Gasteiger partial charge in [0.2, 0.25) is 0 Å². The second kappa shape index (κ2) is 6.56. The van der Waals surface area contributed by atoms with Crippen LogP contribution in [0.25, 0.3) is 0 Å². The second-order valence-electron chi connectivity index (χ2n) is 3.98. The standard InChI is InChI=1S/C13H10BrClN2O2S/c1-7-4-11(15)17-12(16-7)6-20-8-2-3-10(14)9(5-8)13(18)19/h2-5H,6H2,1H3,(H,18,19). The van der Waals surface area contributed by atoms with E-state index in [0.717, 1.165) is 10.6 Å². The average Bonchev–Trinajstić information content (AvgIpc) is 2.36. The van der Waals surface area contributed by atoms with Gasteiger partial charge in [0.25, 0.3) is 0 Å². The van der Waals surface area contributed by atoms with Crippen molar-refractivity contribution in [2.24, 2.45) is 0 Å². The van der Waals surface area contributed by atoms with E-state index in [0.29, 0.717) is 21.2 Å². The van der Waals surface area contributed by atoms with Crippen LogP contribution in [0.2, 0.25) is 5.15 Å². The number of aromatic nitrogens is 2. The Labute approximate surface area is 133 Å². The highest BCUT2D eigenvalue weighted by Gasteiger charge is 2.10. The summed E-state index contributed by atoms with van der Waals surface area (Å²) in [7, 11) is 0. The molecule has 2 rings (SSSR count). The SMILES string of the molecule is Cc1cc(Cl)nc(CSc2ccc(Br)c(C(=O)O)c2)n1. The predicted molar refractivity (Wildman–Crippen MR) is 82.4 cm³/mol. The van der Waals surface area contributed by atoms with E-state index < -0.39 is 5.97 Å². The summed E-state index contributed by atoms with van der Waals surface area (Å²) in [6.45, 7) is 1.85. The Bertz CT molecular complexity index is 647. The summed E-state index contributed by atoms with van der Waals surface area (Å²) in [6.07, 6.45) is 0. The summed E-state index contributed by atoms with van der Waals surface area (Å²) in [5.41, 5.74) is 1.04. The van der Waals surface area contributed by atoms with E-state index in [1.54, 1.807) is 18.2 Å². The molecule has 1 aromatic carbocycles. The zero-order valence-electron chi connectivity index (χ0n) is 10.4. The molecule has 7 heteroatoms. The topological polar surface area (TPSA) is 63.1 Å². The number of benzene rings is 1. The molecule has 0 aliphatic heterocycles. The Balaban J connectivity index is 2.14. The molecule has 0 bridgehead atoms. The summed E-state index contributed by atoms with van der Waals surface area (Å²) >= 11 is 10.6. The first kappa shape index (κ1) is 15.3. The van der Waals surface area contributed by atoms with E-state index >= 15 is 0 Å². The number of aromatic carboxylic acids is 1. The zero-order valence-corrected chi connectivity index (χ0v) is 13.6. The molecule has 1 N–H and O–H groups in total. The summed E-state index contributed by atoms with van der Waals surface area (Å²) in [6, 6.07) is 6.88. The lowest BCUT2D eigenvalue weighted by Gasteiger charge is -2.05. The molecule has 2 aromatic rings. The summed E-state index contributed by atoms with van der Waals surface area (Å²) in [4.78, 5) is 20.3. The van der Waals surface area contributed by atoms with Gasteiger partial charge in [-0.25, -0.2) is 14.8 Å². The minimum Gasteiger partial charge on any atom is -0.478 e. The number of carbonyl (C=O) groups is 1. The van der Waals surface area contributed by atoms with Crippen LogP contribution in [0.15, 0.2) is 33.6 Å². The summed E-state index contributed by atoms with van der Waals surface area (Å²) in [5.74, 6) is 0.191. The number of carboxylic acids is 1. The first-order chi connectivity index (χ1) is 9.45. The van der Waals surface area contributed by atoms with Crippen LogP contribution in [0.4, 0.5) is 0 Å². The number of hydrogen-bond acceptors (Lipinski definition) is 4. The van der Waals surface area contributed by atoms with Crippen LogP contribution < -0.4 is 0 Å². The van der Waals surface area contributed by atoms with Gasteiger partial charge in [0.15, 0.2) is 0 Å². The molecule has 0 spiro atoms. The highest BCUT2D eigenvalue weighted by molar-refractivity contribution is 9.10. The number of aryl methyl sites for hydroxylation is 1. The average molecular weight is 374 g/mol. The fourth-order valence-electron chi connectivity index (χ4n) is 1.56. The minimum absolute atomic E-state index is 0.234. The van der Waals surface area contributed by atoms with Gasteiger partial charge in [0.1, 0.15) is 11.0 Å². The van der Waals surface area contributed by atoms with Crippen molar-refractivity contribution in [2.75, 3.05) is 0 Å². The molecular formula is C13H10BrClN2O2S. The van der Waals surface area contributed by atoms with Crippen LogP contribution in [0.1, 0.15) is 21.9 Å². The van der Waals surface area contributed by atoms with Gasteiger partial charge in [-0.2, -0.15) is 0 Å². The summed E-state index contributed by atoms with van der Waals surface area (Å²) in [5, 5.41) is 9.48.